The molecule has 0 saturated heterocycles. The van der Waals surface area contributed by atoms with E-state index in [-0.39, 0.29) is 19.2 Å². The Morgan fingerprint density at radius 1 is 1.21 bits per heavy atom. The normalized spacial score (nSPS) is 9.63. The van der Waals surface area contributed by atoms with Gasteiger partial charge in [0.1, 0.15) is 0 Å². The Bertz CT molecular complexity index is 460. The van der Waals surface area contributed by atoms with Gasteiger partial charge in [0.05, 0.1) is 20.3 Å². The molecular formula is C15H18O4. The molecule has 0 saturated carbocycles. The number of hydrogen-bond donors (Lipinski definition) is 2. The molecule has 0 atom stereocenters. The van der Waals surface area contributed by atoms with Crippen molar-refractivity contribution in [3.8, 4) is 11.8 Å². The first kappa shape index (κ1) is 15.2. The zero-order valence-corrected chi connectivity index (χ0v) is 11.0. The van der Waals surface area contributed by atoms with Crippen LogP contribution in [0.25, 0.3) is 0 Å². The van der Waals surface area contributed by atoms with E-state index in [1.807, 2.05) is 0 Å². The van der Waals surface area contributed by atoms with E-state index in [0.29, 0.717) is 19.3 Å². The lowest BCUT2D eigenvalue weighted by molar-refractivity contribution is -0.140. The van der Waals surface area contributed by atoms with E-state index in [1.165, 1.54) is 7.11 Å². The van der Waals surface area contributed by atoms with E-state index < -0.39 is 0 Å². The molecule has 0 aromatic heterocycles. The van der Waals surface area contributed by atoms with Crippen molar-refractivity contribution in [3.05, 3.63) is 34.9 Å². The van der Waals surface area contributed by atoms with Crippen LogP contribution in [0.4, 0.5) is 0 Å². The molecule has 4 heteroatoms. The zero-order valence-electron chi connectivity index (χ0n) is 11.0. The molecule has 19 heavy (non-hydrogen) atoms. The van der Waals surface area contributed by atoms with Crippen molar-refractivity contribution >= 4 is 5.97 Å². The van der Waals surface area contributed by atoms with Gasteiger partial charge in [-0.3, -0.25) is 4.79 Å². The first-order chi connectivity index (χ1) is 9.19. The minimum Gasteiger partial charge on any atom is -0.469 e. The van der Waals surface area contributed by atoms with Crippen LogP contribution in [0.15, 0.2) is 18.2 Å². The molecule has 1 aromatic rings. The number of ether oxygens (including phenoxy) is 1. The smallest absolute Gasteiger partial charge is 0.305 e. The van der Waals surface area contributed by atoms with Crippen LogP contribution in [0.3, 0.4) is 0 Å². The molecule has 0 radical (unpaired) electrons. The van der Waals surface area contributed by atoms with E-state index in [1.54, 1.807) is 18.2 Å². The van der Waals surface area contributed by atoms with E-state index in [2.05, 4.69) is 16.6 Å². The van der Waals surface area contributed by atoms with Crippen LogP contribution in [-0.2, 0) is 22.7 Å². The Morgan fingerprint density at radius 3 is 2.37 bits per heavy atom. The van der Waals surface area contributed by atoms with Gasteiger partial charge in [0.15, 0.2) is 0 Å². The van der Waals surface area contributed by atoms with Gasteiger partial charge in [-0.2, -0.15) is 0 Å². The van der Waals surface area contributed by atoms with Gasteiger partial charge >= 0.3 is 5.97 Å². The second-order valence-electron chi connectivity index (χ2n) is 4.09. The van der Waals surface area contributed by atoms with Crippen molar-refractivity contribution < 1.29 is 19.7 Å². The maximum Gasteiger partial charge on any atom is 0.305 e. The summed E-state index contributed by atoms with van der Waals surface area (Å²) in [5.41, 5.74) is 2.21. The Hall–Kier alpha value is -1.83. The van der Waals surface area contributed by atoms with Crippen molar-refractivity contribution in [1.29, 1.82) is 0 Å². The highest BCUT2D eigenvalue weighted by atomic mass is 16.5. The number of rotatable bonds is 5. The number of unbranched alkanes of at least 4 members (excludes halogenated alkanes) is 1. The molecule has 1 aromatic carbocycles. The molecule has 1 rings (SSSR count). The largest absolute Gasteiger partial charge is 0.469 e. The minimum absolute atomic E-state index is 0.0785. The van der Waals surface area contributed by atoms with Crippen LogP contribution in [0.1, 0.15) is 36.0 Å². The highest BCUT2D eigenvalue weighted by Gasteiger charge is 1.99. The fourth-order valence-electron chi connectivity index (χ4n) is 1.61. The quantitative estimate of drug-likeness (QED) is 0.478. The second kappa shape index (κ2) is 8.30. The molecule has 2 N–H and O–H groups in total. The van der Waals surface area contributed by atoms with E-state index >= 15 is 0 Å². The lowest BCUT2D eigenvalue weighted by Crippen LogP contribution is -1.98. The van der Waals surface area contributed by atoms with Gasteiger partial charge < -0.3 is 14.9 Å². The number of aliphatic hydroxyl groups is 2. The number of methoxy groups -OCH3 is 1. The molecule has 0 heterocycles. The summed E-state index contributed by atoms with van der Waals surface area (Å²) in [6.07, 6.45) is 1.63. The summed E-state index contributed by atoms with van der Waals surface area (Å²) >= 11 is 0. The average Bonchev–Trinajstić information content (AvgIpc) is 2.46. The summed E-state index contributed by atoms with van der Waals surface area (Å²) in [5.74, 6) is 5.69. The third-order valence-electron chi connectivity index (χ3n) is 2.56. The SMILES string of the molecule is COC(=O)CCCC#Cc1cc(CO)cc(CO)c1. The van der Waals surface area contributed by atoms with Crippen LogP contribution < -0.4 is 0 Å². The van der Waals surface area contributed by atoms with Crippen molar-refractivity contribution in [3.63, 3.8) is 0 Å². The predicted molar refractivity (Wildman–Crippen MR) is 71.0 cm³/mol. The summed E-state index contributed by atoms with van der Waals surface area (Å²) in [7, 11) is 1.37. The molecule has 0 amide bonds. The average molecular weight is 262 g/mol. The predicted octanol–water partition coefficient (Wildman–Crippen LogP) is 1.37. The van der Waals surface area contributed by atoms with Gasteiger partial charge in [-0.15, -0.1) is 0 Å². The zero-order chi connectivity index (χ0) is 14.1. The van der Waals surface area contributed by atoms with Crippen molar-refractivity contribution in [2.24, 2.45) is 0 Å². The number of aliphatic hydroxyl groups excluding tert-OH is 2. The molecule has 0 fully saturated rings. The molecule has 4 nitrogen and oxygen atoms in total. The molecule has 0 aliphatic rings. The fraction of sp³-hybridized carbons (Fsp3) is 0.400. The number of benzene rings is 1. The third-order valence-corrected chi connectivity index (χ3v) is 2.56. The van der Waals surface area contributed by atoms with Gasteiger partial charge in [-0.05, 0) is 29.7 Å². The van der Waals surface area contributed by atoms with E-state index in [4.69, 9.17) is 10.2 Å². The highest BCUT2D eigenvalue weighted by molar-refractivity contribution is 5.69. The number of esters is 1. The van der Waals surface area contributed by atoms with Crippen molar-refractivity contribution in [2.75, 3.05) is 7.11 Å². The first-order valence-corrected chi connectivity index (χ1v) is 6.10. The standard InChI is InChI=1S/C15H18O4/c1-19-15(18)6-4-2-3-5-12-7-13(10-16)9-14(8-12)11-17/h7-9,16-17H,2,4,6,10-11H2,1H3. The Morgan fingerprint density at radius 2 is 1.84 bits per heavy atom. The second-order valence-corrected chi connectivity index (χ2v) is 4.09. The van der Waals surface area contributed by atoms with Crippen LogP contribution in [0.2, 0.25) is 0 Å². The van der Waals surface area contributed by atoms with Gasteiger partial charge in [0.25, 0.3) is 0 Å². The van der Waals surface area contributed by atoms with Crippen molar-refractivity contribution in [2.45, 2.75) is 32.5 Å². The van der Waals surface area contributed by atoms with Crippen LogP contribution in [-0.4, -0.2) is 23.3 Å². The number of hydrogen-bond acceptors (Lipinski definition) is 4. The van der Waals surface area contributed by atoms with Crippen LogP contribution >= 0.6 is 0 Å². The molecule has 0 spiro atoms. The third kappa shape index (κ3) is 5.56. The summed E-state index contributed by atoms with van der Waals surface area (Å²) in [5, 5.41) is 18.2. The molecule has 0 bridgehead atoms. The molecule has 0 aliphatic heterocycles. The highest BCUT2D eigenvalue weighted by Crippen LogP contribution is 2.10. The maximum atomic E-state index is 10.9. The van der Waals surface area contributed by atoms with Crippen molar-refractivity contribution in [1.82, 2.24) is 0 Å². The fourth-order valence-corrected chi connectivity index (χ4v) is 1.61. The maximum absolute atomic E-state index is 10.9. The Balaban J connectivity index is 2.59. The summed E-state index contributed by atoms with van der Waals surface area (Å²) in [4.78, 5) is 10.9. The molecular weight excluding hydrogens is 244 g/mol. The number of carbonyl (C=O) groups is 1. The van der Waals surface area contributed by atoms with E-state index in [9.17, 15) is 4.79 Å². The Labute approximate surface area is 113 Å². The topological polar surface area (TPSA) is 66.8 Å². The van der Waals surface area contributed by atoms with E-state index in [0.717, 1.165) is 16.7 Å². The van der Waals surface area contributed by atoms with Crippen LogP contribution in [0.5, 0.6) is 0 Å². The summed E-state index contributed by atoms with van der Waals surface area (Å²) < 4.78 is 4.53. The van der Waals surface area contributed by atoms with Gasteiger partial charge in [0.2, 0.25) is 0 Å². The van der Waals surface area contributed by atoms with Crippen LogP contribution in [0, 0.1) is 11.8 Å². The molecule has 102 valence electrons. The van der Waals surface area contributed by atoms with Gasteiger partial charge in [0, 0.05) is 18.4 Å². The lowest BCUT2D eigenvalue weighted by Gasteiger charge is -2.02. The summed E-state index contributed by atoms with van der Waals surface area (Å²) in [6, 6.07) is 5.31. The summed E-state index contributed by atoms with van der Waals surface area (Å²) in [6.45, 7) is -0.157. The minimum atomic E-state index is -0.230. The Kier molecular flexibility index (Phi) is 6.65. The van der Waals surface area contributed by atoms with Gasteiger partial charge in [-0.25, -0.2) is 0 Å². The number of carbonyl (C=O) groups excluding carboxylic acids is 1. The lowest BCUT2D eigenvalue weighted by atomic mass is 10.1. The molecule has 0 aliphatic carbocycles. The first-order valence-electron chi connectivity index (χ1n) is 6.10. The molecule has 0 unspecified atom stereocenters. The van der Waals surface area contributed by atoms with Gasteiger partial charge in [-0.1, -0.05) is 17.9 Å². The monoisotopic (exact) mass is 262 g/mol.